The van der Waals surface area contributed by atoms with Crippen molar-refractivity contribution in [3.8, 4) is 6.07 Å². The molecular formula is C12H14ClN3S. The maximum absolute atomic E-state index is 8.92. The van der Waals surface area contributed by atoms with Crippen LogP contribution in [0.2, 0.25) is 5.15 Å². The Balaban J connectivity index is 2.21. The smallest absolute Gasteiger partial charge is 0.132 e. The Kier molecular flexibility index (Phi) is 4.14. The number of pyridine rings is 1. The second-order valence-electron chi connectivity index (χ2n) is 4.00. The van der Waals surface area contributed by atoms with Gasteiger partial charge in [0.2, 0.25) is 0 Å². The molecule has 90 valence electrons. The van der Waals surface area contributed by atoms with Gasteiger partial charge < -0.3 is 4.90 Å². The van der Waals surface area contributed by atoms with Crippen molar-refractivity contribution in [1.82, 2.24) is 4.98 Å². The maximum atomic E-state index is 8.92. The minimum Gasteiger partial charge on any atom is -0.355 e. The molecule has 1 unspecified atom stereocenters. The standard InChI is InChI=1S/C12H14ClN3S/c1-2-10-8-16(3-4-17-10)12-6-9(7-14)5-11(13)15-12/h5-6,10H,2-4,8H2,1H3. The van der Waals surface area contributed by atoms with Crippen LogP contribution in [0.15, 0.2) is 12.1 Å². The topological polar surface area (TPSA) is 39.9 Å². The molecule has 1 aliphatic heterocycles. The van der Waals surface area contributed by atoms with Crippen LogP contribution in [0.25, 0.3) is 0 Å². The van der Waals surface area contributed by atoms with E-state index in [2.05, 4.69) is 22.9 Å². The normalized spacial score (nSPS) is 20.1. The number of hydrogen-bond donors (Lipinski definition) is 0. The summed E-state index contributed by atoms with van der Waals surface area (Å²) in [6.07, 6.45) is 1.16. The van der Waals surface area contributed by atoms with E-state index in [0.717, 1.165) is 31.1 Å². The summed E-state index contributed by atoms with van der Waals surface area (Å²) in [5, 5.41) is 9.97. The summed E-state index contributed by atoms with van der Waals surface area (Å²) in [7, 11) is 0. The number of hydrogen-bond acceptors (Lipinski definition) is 4. The van der Waals surface area contributed by atoms with Gasteiger partial charge in [0, 0.05) is 24.1 Å². The van der Waals surface area contributed by atoms with Gasteiger partial charge in [-0.1, -0.05) is 18.5 Å². The highest BCUT2D eigenvalue weighted by Gasteiger charge is 2.20. The summed E-state index contributed by atoms with van der Waals surface area (Å²) in [6.45, 7) is 4.16. The van der Waals surface area contributed by atoms with Gasteiger partial charge in [0.15, 0.2) is 0 Å². The highest BCUT2D eigenvalue weighted by Crippen LogP contribution is 2.26. The van der Waals surface area contributed by atoms with E-state index in [-0.39, 0.29) is 0 Å². The van der Waals surface area contributed by atoms with Crippen LogP contribution in [0.4, 0.5) is 5.82 Å². The quantitative estimate of drug-likeness (QED) is 0.773. The van der Waals surface area contributed by atoms with Gasteiger partial charge in [0.25, 0.3) is 0 Å². The van der Waals surface area contributed by atoms with Crippen molar-refractivity contribution < 1.29 is 0 Å². The predicted molar refractivity (Wildman–Crippen MR) is 72.7 cm³/mol. The number of halogens is 1. The van der Waals surface area contributed by atoms with Crippen molar-refractivity contribution in [2.75, 3.05) is 23.7 Å². The zero-order valence-electron chi connectivity index (χ0n) is 9.69. The first-order chi connectivity index (χ1) is 8.22. The predicted octanol–water partition coefficient (Wildman–Crippen LogP) is 2.94. The van der Waals surface area contributed by atoms with E-state index in [4.69, 9.17) is 16.9 Å². The van der Waals surface area contributed by atoms with Crippen LogP contribution in [0, 0.1) is 11.3 Å². The van der Waals surface area contributed by atoms with Crippen molar-refractivity contribution in [1.29, 1.82) is 5.26 Å². The summed E-state index contributed by atoms with van der Waals surface area (Å²) in [5.74, 6) is 1.93. The van der Waals surface area contributed by atoms with Crippen LogP contribution in [0.3, 0.4) is 0 Å². The fourth-order valence-corrected chi connectivity index (χ4v) is 3.27. The van der Waals surface area contributed by atoms with E-state index in [1.807, 2.05) is 17.8 Å². The Bertz CT molecular complexity index is 444. The van der Waals surface area contributed by atoms with Gasteiger partial charge in [0.1, 0.15) is 11.0 Å². The van der Waals surface area contributed by atoms with Crippen LogP contribution >= 0.6 is 23.4 Å². The highest BCUT2D eigenvalue weighted by molar-refractivity contribution is 8.00. The molecule has 2 rings (SSSR count). The average Bonchev–Trinajstić information content (AvgIpc) is 2.38. The van der Waals surface area contributed by atoms with Gasteiger partial charge in [-0.3, -0.25) is 0 Å². The molecule has 17 heavy (non-hydrogen) atoms. The highest BCUT2D eigenvalue weighted by atomic mass is 35.5. The molecule has 0 aromatic carbocycles. The summed E-state index contributed by atoms with van der Waals surface area (Å²) in [6, 6.07) is 5.53. The van der Waals surface area contributed by atoms with Crippen molar-refractivity contribution in [2.24, 2.45) is 0 Å². The minimum atomic E-state index is 0.394. The molecule has 1 atom stereocenters. The van der Waals surface area contributed by atoms with E-state index in [1.54, 1.807) is 6.07 Å². The van der Waals surface area contributed by atoms with Gasteiger partial charge in [-0.15, -0.1) is 0 Å². The molecule has 1 aromatic heterocycles. The third kappa shape index (κ3) is 3.05. The van der Waals surface area contributed by atoms with Crippen molar-refractivity contribution in [3.05, 3.63) is 22.8 Å². The van der Waals surface area contributed by atoms with Crippen molar-refractivity contribution in [2.45, 2.75) is 18.6 Å². The SMILES string of the molecule is CCC1CN(c2cc(C#N)cc(Cl)n2)CCS1. The molecule has 5 heteroatoms. The zero-order chi connectivity index (χ0) is 12.3. The molecule has 0 aliphatic carbocycles. The van der Waals surface area contributed by atoms with Crippen LogP contribution in [-0.2, 0) is 0 Å². The van der Waals surface area contributed by atoms with Crippen LogP contribution in [-0.4, -0.2) is 29.1 Å². The van der Waals surface area contributed by atoms with E-state index in [0.29, 0.717) is 16.0 Å². The molecule has 0 saturated carbocycles. The molecule has 0 amide bonds. The lowest BCUT2D eigenvalue weighted by atomic mass is 10.2. The molecule has 1 aromatic rings. The summed E-state index contributed by atoms with van der Waals surface area (Å²) in [5.41, 5.74) is 0.575. The van der Waals surface area contributed by atoms with Crippen LogP contribution in [0.5, 0.6) is 0 Å². The lowest BCUT2D eigenvalue weighted by molar-refractivity contribution is 0.720. The monoisotopic (exact) mass is 267 g/mol. The van der Waals surface area contributed by atoms with Gasteiger partial charge in [-0.2, -0.15) is 17.0 Å². The Morgan fingerprint density at radius 2 is 2.47 bits per heavy atom. The third-order valence-corrected chi connectivity index (χ3v) is 4.39. The Labute approximate surface area is 111 Å². The number of thioether (sulfide) groups is 1. The molecule has 0 radical (unpaired) electrons. The first kappa shape index (κ1) is 12.5. The number of rotatable bonds is 2. The molecule has 3 nitrogen and oxygen atoms in total. The molecular weight excluding hydrogens is 254 g/mol. The van der Waals surface area contributed by atoms with Gasteiger partial charge >= 0.3 is 0 Å². The average molecular weight is 268 g/mol. The Morgan fingerprint density at radius 3 is 3.18 bits per heavy atom. The second kappa shape index (κ2) is 5.61. The number of nitrogens with zero attached hydrogens (tertiary/aromatic N) is 3. The summed E-state index contributed by atoms with van der Waals surface area (Å²) < 4.78 is 0. The van der Waals surface area contributed by atoms with Crippen molar-refractivity contribution in [3.63, 3.8) is 0 Å². The van der Waals surface area contributed by atoms with Crippen molar-refractivity contribution >= 4 is 29.2 Å². The number of nitriles is 1. The first-order valence-electron chi connectivity index (χ1n) is 5.67. The summed E-state index contributed by atoms with van der Waals surface area (Å²) >= 11 is 7.93. The molecule has 0 N–H and O–H groups in total. The summed E-state index contributed by atoms with van der Waals surface area (Å²) in [4.78, 5) is 6.52. The minimum absolute atomic E-state index is 0.394. The number of anilines is 1. The Morgan fingerprint density at radius 1 is 1.65 bits per heavy atom. The van der Waals surface area contributed by atoms with Crippen LogP contribution < -0.4 is 4.90 Å². The third-order valence-electron chi connectivity index (χ3n) is 2.83. The van der Waals surface area contributed by atoms with Gasteiger partial charge in [-0.25, -0.2) is 4.98 Å². The fourth-order valence-electron chi connectivity index (χ4n) is 1.88. The fraction of sp³-hybridized carbons (Fsp3) is 0.500. The van der Waals surface area contributed by atoms with E-state index < -0.39 is 0 Å². The molecule has 0 bridgehead atoms. The van der Waals surface area contributed by atoms with Gasteiger partial charge in [-0.05, 0) is 18.6 Å². The molecule has 1 fully saturated rings. The largest absolute Gasteiger partial charge is 0.355 e. The van der Waals surface area contributed by atoms with Crippen LogP contribution in [0.1, 0.15) is 18.9 Å². The van der Waals surface area contributed by atoms with Gasteiger partial charge in [0.05, 0.1) is 11.6 Å². The lowest BCUT2D eigenvalue weighted by Gasteiger charge is -2.32. The maximum Gasteiger partial charge on any atom is 0.132 e. The van der Waals surface area contributed by atoms with E-state index in [1.165, 1.54) is 0 Å². The molecule has 1 aliphatic rings. The first-order valence-corrected chi connectivity index (χ1v) is 7.10. The number of aromatic nitrogens is 1. The molecule has 1 saturated heterocycles. The zero-order valence-corrected chi connectivity index (χ0v) is 11.3. The molecule has 2 heterocycles. The van der Waals surface area contributed by atoms with E-state index >= 15 is 0 Å². The lowest BCUT2D eigenvalue weighted by Crippen LogP contribution is -2.38. The second-order valence-corrected chi connectivity index (χ2v) is 5.79. The Hall–Kier alpha value is -0.920. The van der Waals surface area contributed by atoms with E-state index in [9.17, 15) is 0 Å². The molecule has 0 spiro atoms.